The third kappa shape index (κ3) is 14.8. The average molecular weight is 382 g/mol. The molecule has 27 heavy (non-hydrogen) atoms. The number of quaternary nitrogens is 1. The third-order valence-electron chi connectivity index (χ3n) is 3.11. The standard InChI is InChI=1S/C16H26N2O3.C4H8.C2H6/c1-12(2)18(15(19)21-16(3,4)5)10-11-20-14-8-6-13(17)7-9-14;1-3-4-2;1-2/h6-9,12H,10-11,17H2,1-5H3;3-4H,1-2H3;1-2H3/p+1/b;4-3-;. The molecular formula is C22H41N2O3+. The first kappa shape index (κ1) is 27.2. The van der Waals surface area contributed by atoms with E-state index >= 15 is 0 Å². The summed E-state index contributed by atoms with van der Waals surface area (Å²) in [5.74, 6) is 0.773. The van der Waals surface area contributed by atoms with Crippen molar-refractivity contribution in [3.8, 4) is 5.75 Å². The molecule has 0 heterocycles. The molecule has 1 aromatic rings. The lowest BCUT2D eigenvalue weighted by Crippen LogP contribution is -2.43. The van der Waals surface area contributed by atoms with Crippen molar-refractivity contribution in [2.45, 2.75) is 74.0 Å². The topological polar surface area (TPSA) is 66.4 Å². The molecule has 5 heteroatoms. The summed E-state index contributed by atoms with van der Waals surface area (Å²) < 4.78 is 11.0. The summed E-state index contributed by atoms with van der Waals surface area (Å²) in [6, 6.07) is 7.59. The Kier molecular flexibility index (Phi) is 15.2. The fourth-order valence-electron chi connectivity index (χ4n) is 1.73. The molecule has 5 nitrogen and oxygen atoms in total. The highest BCUT2D eigenvalue weighted by Gasteiger charge is 2.23. The smallest absolute Gasteiger partial charge is 0.410 e. The van der Waals surface area contributed by atoms with Crippen LogP contribution in [0.2, 0.25) is 0 Å². The molecule has 1 rings (SSSR count). The lowest BCUT2D eigenvalue weighted by atomic mass is 10.2. The fourth-order valence-corrected chi connectivity index (χ4v) is 1.73. The van der Waals surface area contributed by atoms with E-state index in [0.717, 1.165) is 11.4 Å². The largest absolute Gasteiger partial charge is 0.492 e. The van der Waals surface area contributed by atoms with Crippen molar-refractivity contribution in [1.29, 1.82) is 0 Å². The molecular weight excluding hydrogens is 340 g/mol. The molecule has 156 valence electrons. The molecule has 0 unspecified atom stereocenters. The molecule has 0 aliphatic rings. The van der Waals surface area contributed by atoms with Gasteiger partial charge in [0, 0.05) is 18.2 Å². The summed E-state index contributed by atoms with van der Waals surface area (Å²) >= 11 is 0. The number of carbonyl (C=O) groups excluding carboxylic acids is 1. The van der Waals surface area contributed by atoms with Crippen molar-refractivity contribution >= 4 is 11.8 Å². The Hall–Kier alpha value is -2.01. The predicted octanol–water partition coefficient (Wildman–Crippen LogP) is 5.19. The van der Waals surface area contributed by atoms with Crippen LogP contribution in [0.15, 0.2) is 36.4 Å². The molecule has 0 fully saturated rings. The van der Waals surface area contributed by atoms with E-state index in [0.29, 0.717) is 13.2 Å². The molecule has 0 aromatic heterocycles. The van der Waals surface area contributed by atoms with E-state index in [9.17, 15) is 4.79 Å². The van der Waals surface area contributed by atoms with Crippen LogP contribution >= 0.6 is 0 Å². The van der Waals surface area contributed by atoms with E-state index < -0.39 is 5.60 Å². The normalized spacial score (nSPS) is 10.5. The van der Waals surface area contributed by atoms with Crippen LogP contribution in [-0.4, -0.2) is 35.8 Å². The zero-order valence-electron chi connectivity index (χ0n) is 18.8. The average Bonchev–Trinajstić information content (AvgIpc) is 2.60. The van der Waals surface area contributed by atoms with Gasteiger partial charge in [-0.3, -0.25) is 0 Å². The van der Waals surface area contributed by atoms with Crippen LogP contribution < -0.4 is 10.5 Å². The van der Waals surface area contributed by atoms with Gasteiger partial charge in [0.15, 0.2) is 0 Å². The Bertz CT molecular complexity index is 513. The number of ether oxygens (including phenoxy) is 2. The maximum absolute atomic E-state index is 12.1. The van der Waals surface area contributed by atoms with E-state index in [1.54, 1.807) is 4.90 Å². The lowest BCUT2D eigenvalue weighted by Gasteiger charge is -2.30. The molecule has 0 spiro atoms. The summed E-state index contributed by atoms with van der Waals surface area (Å²) in [5.41, 5.74) is 4.28. The zero-order chi connectivity index (χ0) is 21.5. The van der Waals surface area contributed by atoms with Crippen LogP contribution in [0.5, 0.6) is 5.75 Å². The van der Waals surface area contributed by atoms with Crippen molar-refractivity contribution in [2.75, 3.05) is 13.2 Å². The molecule has 0 aliphatic carbocycles. The SMILES string of the molecule is C/C=C\C.CC.CC(C)N(CCOc1ccc([NH3+])cc1)C(=O)OC(C)(C)C. The second kappa shape index (κ2) is 15.1. The molecule has 3 N–H and O–H groups in total. The van der Waals surface area contributed by atoms with Crippen molar-refractivity contribution in [3.05, 3.63) is 36.4 Å². The molecule has 0 bridgehead atoms. The molecule has 1 aromatic carbocycles. The molecule has 0 saturated carbocycles. The second-order valence-electron chi connectivity index (χ2n) is 6.93. The van der Waals surface area contributed by atoms with Crippen LogP contribution in [0.25, 0.3) is 0 Å². The van der Waals surface area contributed by atoms with E-state index in [1.807, 2.05) is 98.7 Å². The fraction of sp³-hybridized carbons (Fsp3) is 0.591. The van der Waals surface area contributed by atoms with Gasteiger partial charge in [-0.15, -0.1) is 0 Å². The second-order valence-corrected chi connectivity index (χ2v) is 6.93. The van der Waals surface area contributed by atoms with Crippen LogP contribution in [0.4, 0.5) is 10.5 Å². The third-order valence-corrected chi connectivity index (χ3v) is 3.11. The van der Waals surface area contributed by atoms with Crippen molar-refractivity contribution in [1.82, 2.24) is 4.90 Å². The van der Waals surface area contributed by atoms with Crippen LogP contribution in [0.3, 0.4) is 0 Å². The van der Waals surface area contributed by atoms with E-state index in [2.05, 4.69) is 5.73 Å². The minimum Gasteiger partial charge on any atom is -0.492 e. The number of amides is 1. The number of hydrogen-bond acceptors (Lipinski definition) is 3. The maximum atomic E-state index is 12.1. The van der Waals surface area contributed by atoms with Crippen LogP contribution in [0, 0.1) is 0 Å². The van der Waals surface area contributed by atoms with Gasteiger partial charge in [0.25, 0.3) is 0 Å². The number of rotatable bonds is 5. The van der Waals surface area contributed by atoms with Crippen LogP contribution in [-0.2, 0) is 4.74 Å². The molecule has 0 atom stereocenters. The number of benzene rings is 1. The van der Waals surface area contributed by atoms with Crippen molar-refractivity contribution in [3.63, 3.8) is 0 Å². The first-order valence-electron chi connectivity index (χ1n) is 9.72. The van der Waals surface area contributed by atoms with Gasteiger partial charge in [-0.25, -0.2) is 4.79 Å². The summed E-state index contributed by atoms with van der Waals surface area (Å²) in [5, 5.41) is 0. The first-order valence-corrected chi connectivity index (χ1v) is 9.72. The van der Waals surface area contributed by atoms with Crippen molar-refractivity contribution < 1.29 is 20.0 Å². The van der Waals surface area contributed by atoms with Crippen LogP contribution in [0.1, 0.15) is 62.3 Å². The van der Waals surface area contributed by atoms with Gasteiger partial charge < -0.3 is 20.1 Å². The van der Waals surface area contributed by atoms with Gasteiger partial charge in [0.1, 0.15) is 23.6 Å². The van der Waals surface area contributed by atoms with E-state index in [1.165, 1.54) is 0 Å². The Labute approximate surface area is 166 Å². The van der Waals surface area contributed by atoms with Gasteiger partial charge in [-0.05, 0) is 60.6 Å². The highest BCUT2D eigenvalue weighted by Crippen LogP contribution is 2.14. The summed E-state index contributed by atoms with van der Waals surface area (Å²) in [4.78, 5) is 13.8. The maximum Gasteiger partial charge on any atom is 0.410 e. The number of nitrogens with zero attached hydrogens (tertiary/aromatic N) is 1. The summed E-state index contributed by atoms with van der Waals surface area (Å²) in [6.45, 7) is 18.4. The number of carbonyl (C=O) groups is 1. The van der Waals surface area contributed by atoms with Gasteiger partial charge in [0.05, 0.1) is 6.54 Å². The predicted molar refractivity (Wildman–Crippen MR) is 114 cm³/mol. The minimum absolute atomic E-state index is 0.0608. The van der Waals surface area contributed by atoms with E-state index in [4.69, 9.17) is 9.47 Å². The molecule has 0 aliphatic heterocycles. The number of hydrogen-bond donors (Lipinski definition) is 1. The molecule has 0 saturated heterocycles. The number of allylic oxidation sites excluding steroid dienone is 2. The molecule has 1 amide bonds. The molecule has 0 radical (unpaired) electrons. The summed E-state index contributed by atoms with van der Waals surface area (Å²) in [6.07, 6.45) is 3.69. The highest BCUT2D eigenvalue weighted by molar-refractivity contribution is 5.68. The van der Waals surface area contributed by atoms with Gasteiger partial charge in [-0.1, -0.05) is 26.0 Å². The quantitative estimate of drug-likeness (QED) is 0.713. The highest BCUT2D eigenvalue weighted by atomic mass is 16.6. The van der Waals surface area contributed by atoms with Gasteiger partial charge in [0.2, 0.25) is 0 Å². The Morgan fingerprint density at radius 3 is 1.96 bits per heavy atom. The first-order chi connectivity index (χ1) is 12.6. The lowest BCUT2D eigenvalue weighted by molar-refractivity contribution is -0.254. The zero-order valence-corrected chi connectivity index (χ0v) is 18.8. The Morgan fingerprint density at radius 1 is 1.11 bits per heavy atom. The Balaban J connectivity index is 0. The minimum atomic E-state index is -0.491. The van der Waals surface area contributed by atoms with E-state index in [-0.39, 0.29) is 12.1 Å². The monoisotopic (exact) mass is 381 g/mol. The van der Waals surface area contributed by atoms with Gasteiger partial charge >= 0.3 is 6.09 Å². The van der Waals surface area contributed by atoms with Gasteiger partial charge in [-0.2, -0.15) is 0 Å². The Morgan fingerprint density at radius 2 is 1.59 bits per heavy atom. The van der Waals surface area contributed by atoms with Crippen molar-refractivity contribution in [2.24, 2.45) is 0 Å². The summed E-state index contributed by atoms with van der Waals surface area (Å²) in [7, 11) is 0.